The number of nitriles is 1. The molecule has 4 rings (SSSR count). The lowest BCUT2D eigenvalue weighted by Crippen LogP contribution is -2.45. The number of rotatable bonds is 3. The number of carboxylic acid groups (broad SMARTS) is 1. The van der Waals surface area contributed by atoms with Crippen molar-refractivity contribution in [3.05, 3.63) is 59.8 Å². The summed E-state index contributed by atoms with van der Waals surface area (Å²) in [5.74, 6) is -1.64. The van der Waals surface area contributed by atoms with Crippen molar-refractivity contribution in [2.75, 3.05) is 31.1 Å². The summed E-state index contributed by atoms with van der Waals surface area (Å²) in [4.78, 5) is 18.5. The Balaban J connectivity index is 0.000000360. The lowest BCUT2D eigenvalue weighted by molar-refractivity contribution is -0.192. The molecule has 170 valence electrons. The van der Waals surface area contributed by atoms with Crippen LogP contribution < -0.4 is 4.90 Å². The SMILES string of the molecule is N#Cc1cccc(CN2CCC3(CCCN(c4ccccn4)C3)C2)c1.O=C(O)C(F)(F)F. The van der Waals surface area contributed by atoms with Crippen LogP contribution in [0.15, 0.2) is 48.7 Å². The topological polar surface area (TPSA) is 80.5 Å². The van der Waals surface area contributed by atoms with Crippen molar-refractivity contribution in [1.29, 1.82) is 5.26 Å². The largest absolute Gasteiger partial charge is 0.490 e. The van der Waals surface area contributed by atoms with Crippen LogP contribution in [0.5, 0.6) is 0 Å². The molecule has 3 heterocycles. The summed E-state index contributed by atoms with van der Waals surface area (Å²) < 4.78 is 31.7. The van der Waals surface area contributed by atoms with E-state index >= 15 is 0 Å². The Bertz CT molecular complexity index is 962. The van der Waals surface area contributed by atoms with Crippen LogP contribution in [0.25, 0.3) is 0 Å². The number of benzene rings is 1. The fraction of sp³-hybridized carbons (Fsp3) is 0.435. The summed E-state index contributed by atoms with van der Waals surface area (Å²) in [5.41, 5.74) is 2.39. The highest BCUT2D eigenvalue weighted by atomic mass is 19.4. The number of halogens is 3. The second kappa shape index (κ2) is 10.0. The molecule has 0 amide bonds. The first-order valence-corrected chi connectivity index (χ1v) is 10.4. The quantitative estimate of drug-likeness (QED) is 0.765. The summed E-state index contributed by atoms with van der Waals surface area (Å²) in [5, 5.41) is 16.2. The second-order valence-electron chi connectivity index (χ2n) is 8.29. The highest BCUT2D eigenvalue weighted by molar-refractivity contribution is 5.73. The van der Waals surface area contributed by atoms with E-state index in [1.54, 1.807) is 0 Å². The number of likely N-dealkylation sites (tertiary alicyclic amines) is 1. The molecular weight excluding hydrogens is 421 g/mol. The third kappa shape index (κ3) is 6.20. The van der Waals surface area contributed by atoms with Gasteiger partial charge in [-0.3, -0.25) is 4.90 Å². The average Bonchev–Trinajstić information content (AvgIpc) is 3.15. The number of alkyl halides is 3. The highest BCUT2D eigenvalue weighted by Crippen LogP contribution is 2.40. The van der Waals surface area contributed by atoms with Gasteiger partial charge < -0.3 is 10.0 Å². The van der Waals surface area contributed by atoms with Crippen molar-refractivity contribution in [3.8, 4) is 6.07 Å². The molecule has 1 atom stereocenters. The van der Waals surface area contributed by atoms with Crippen LogP contribution >= 0.6 is 0 Å². The molecule has 2 saturated heterocycles. The lowest BCUT2D eigenvalue weighted by atomic mass is 9.79. The van der Waals surface area contributed by atoms with E-state index in [2.05, 4.69) is 39.1 Å². The molecule has 1 aromatic heterocycles. The van der Waals surface area contributed by atoms with E-state index in [-0.39, 0.29) is 0 Å². The molecule has 1 aromatic carbocycles. The fourth-order valence-electron chi connectivity index (χ4n) is 4.44. The molecule has 6 nitrogen and oxygen atoms in total. The molecule has 2 aliphatic heterocycles. The molecule has 1 unspecified atom stereocenters. The second-order valence-corrected chi connectivity index (χ2v) is 8.29. The van der Waals surface area contributed by atoms with Crippen LogP contribution in [-0.2, 0) is 11.3 Å². The number of aromatic nitrogens is 1. The molecule has 2 fully saturated rings. The fourth-order valence-corrected chi connectivity index (χ4v) is 4.44. The molecule has 0 aliphatic carbocycles. The number of hydrogen-bond acceptors (Lipinski definition) is 5. The van der Waals surface area contributed by atoms with Gasteiger partial charge >= 0.3 is 12.1 Å². The Morgan fingerprint density at radius 3 is 2.59 bits per heavy atom. The van der Waals surface area contributed by atoms with Gasteiger partial charge in [-0.2, -0.15) is 18.4 Å². The van der Waals surface area contributed by atoms with E-state index in [1.807, 2.05) is 30.5 Å². The minimum absolute atomic E-state index is 0.391. The van der Waals surface area contributed by atoms with Crippen molar-refractivity contribution in [1.82, 2.24) is 9.88 Å². The molecule has 0 radical (unpaired) electrons. The summed E-state index contributed by atoms with van der Waals surface area (Å²) in [6.45, 7) is 5.46. The van der Waals surface area contributed by atoms with Crippen molar-refractivity contribution >= 4 is 11.8 Å². The predicted octanol–water partition coefficient (Wildman–Crippen LogP) is 4.08. The summed E-state index contributed by atoms with van der Waals surface area (Å²) in [7, 11) is 0. The minimum atomic E-state index is -5.08. The standard InChI is InChI=1S/C21H24N4.C2HF3O2/c22-14-18-5-3-6-19(13-18)15-24-12-9-21(16-24)8-4-11-25(17-21)20-7-1-2-10-23-20;3-2(4,5)1(6)7/h1-3,5-7,10,13H,4,8-9,11-12,15-17H2;(H,6,7). The number of carboxylic acids is 1. The highest BCUT2D eigenvalue weighted by Gasteiger charge is 2.41. The zero-order chi connectivity index (χ0) is 23.2. The smallest absolute Gasteiger partial charge is 0.475 e. The monoisotopic (exact) mass is 446 g/mol. The molecule has 2 aliphatic rings. The minimum Gasteiger partial charge on any atom is -0.475 e. The van der Waals surface area contributed by atoms with E-state index in [1.165, 1.54) is 24.8 Å². The Labute approximate surface area is 184 Å². The third-order valence-electron chi connectivity index (χ3n) is 5.86. The molecular formula is C23H25F3N4O2. The molecule has 9 heteroatoms. The number of nitrogens with zero attached hydrogens (tertiary/aromatic N) is 4. The zero-order valence-corrected chi connectivity index (χ0v) is 17.6. The van der Waals surface area contributed by atoms with Crippen LogP contribution in [0.2, 0.25) is 0 Å². The molecule has 0 bridgehead atoms. The number of anilines is 1. The third-order valence-corrected chi connectivity index (χ3v) is 5.86. The Morgan fingerprint density at radius 2 is 1.94 bits per heavy atom. The molecule has 2 aromatic rings. The van der Waals surface area contributed by atoms with E-state index in [9.17, 15) is 13.2 Å². The van der Waals surface area contributed by atoms with E-state index in [0.717, 1.165) is 44.1 Å². The predicted molar refractivity (Wildman–Crippen MR) is 113 cm³/mol. The van der Waals surface area contributed by atoms with Gasteiger partial charge in [0.05, 0.1) is 11.6 Å². The van der Waals surface area contributed by atoms with Crippen LogP contribution in [0.3, 0.4) is 0 Å². The maximum Gasteiger partial charge on any atom is 0.490 e. The Kier molecular flexibility index (Phi) is 7.36. The normalized spacial score (nSPS) is 21.0. The first-order chi connectivity index (χ1) is 15.2. The number of piperidine rings is 1. The van der Waals surface area contributed by atoms with Gasteiger partial charge in [-0.25, -0.2) is 9.78 Å². The molecule has 1 spiro atoms. The number of hydrogen-bond donors (Lipinski definition) is 1. The Morgan fingerprint density at radius 1 is 1.16 bits per heavy atom. The van der Waals surface area contributed by atoms with E-state index < -0.39 is 12.1 Å². The number of pyridine rings is 1. The van der Waals surface area contributed by atoms with Gasteiger partial charge in [0.15, 0.2) is 0 Å². The molecule has 32 heavy (non-hydrogen) atoms. The molecule has 1 N–H and O–H groups in total. The Hall–Kier alpha value is -3.12. The van der Waals surface area contributed by atoms with Crippen LogP contribution in [-0.4, -0.2) is 53.3 Å². The van der Waals surface area contributed by atoms with Gasteiger partial charge in [0, 0.05) is 37.8 Å². The zero-order valence-electron chi connectivity index (χ0n) is 17.6. The van der Waals surface area contributed by atoms with Gasteiger partial charge in [0.2, 0.25) is 0 Å². The van der Waals surface area contributed by atoms with Crippen LogP contribution in [0, 0.1) is 16.7 Å². The van der Waals surface area contributed by atoms with Gasteiger partial charge in [-0.15, -0.1) is 0 Å². The number of carbonyl (C=O) groups is 1. The first-order valence-electron chi connectivity index (χ1n) is 10.4. The van der Waals surface area contributed by atoms with Crippen molar-refractivity contribution in [2.45, 2.75) is 32.0 Å². The van der Waals surface area contributed by atoms with Crippen molar-refractivity contribution in [3.63, 3.8) is 0 Å². The molecule has 0 saturated carbocycles. The van der Waals surface area contributed by atoms with Gasteiger partial charge in [0.1, 0.15) is 5.82 Å². The summed E-state index contributed by atoms with van der Waals surface area (Å²) in [6, 6.07) is 16.4. The maximum absolute atomic E-state index is 10.6. The lowest BCUT2D eigenvalue weighted by Gasteiger charge is -2.41. The summed E-state index contributed by atoms with van der Waals surface area (Å²) >= 11 is 0. The van der Waals surface area contributed by atoms with Crippen molar-refractivity contribution < 1.29 is 23.1 Å². The van der Waals surface area contributed by atoms with Crippen LogP contribution in [0.1, 0.15) is 30.4 Å². The van der Waals surface area contributed by atoms with Crippen molar-refractivity contribution in [2.24, 2.45) is 5.41 Å². The van der Waals surface area contributed by atoms with Gasteiger partial charge in [-0.05, 0) is 55.6 Å². The van der Waals surface area contributed by atoms with E-state index in [0.29, 0.717) is 5.41 Å². The average molecular weight is 446 g/mol. The summed E-state index contributed by atoms with van der Waals surface area (Å²) in [6.07, 6.45) is 0.618. The van der Waals surface area contributed by atoms with Gasteiger partial charge in [0.25, 0.3) is 0 Å². The van der Waals surface area contributed by atoms with E-state index in [4.69, 9.17) is 15.2 Å². The van der Waals surface area contributed by atoms with Crippen LogP contribution in [0.4, 0.5) is 19.0 Å². The number of aliphatic carboxylic acids is 1. The van der Waals surface area contributed by atoms with Gasteiger partial charge in [-0.1, -0.05) is 18.2 Å². The maximum atomic E-state index is 10.6. The first kappa shape index (κ1) is 23.5.